The van der Waals surface area contributed by atoms with Crippen LogP contribution in [0.15, 0.2) is 53.7 Å². The van der Waals surface area contributed by atoms with Crippen LogP contribution in [0.2, 0.25) is 0 Å². The second-order valence-corrected chi connectivity index (χ2v) is 7.59. The predicted octanol–water partition coefficient (Wildman–Crippen LogP) is 3.77. The number of aromatic amines is 1. The Morgan fingerprint density at radius 1 is 1.09 bits per heavy atom. The Labute approximate surface area is 183 Å². The summed E-state index contributed by atoms with van der Waals surface area (Å²) in [6, 6.07) is 12.6. The van der Waals surface area contributed by atoms with Crippen LogP contribution in [0.25, 0.3) is 10.9 Å². The molecule has 0 spiro atoms. The van der Waals surface area contributed by atoms with E-state index in [2.05, 4.69) is 15.0 Å². The van der Waals surface area contributed by atoms with Gasteiger partial charge in [0.25, 0.3) is 5.91 Å². The summed E-state index contributed by atoms with van der Waals surface area (Å²) in [5, 5.41) is 3.65. The highest BCUT2D eigenvalue weighted by Crippen LogP contribution is 2.35. The molecule has 0 saturated carbocycles. The quantitative estimate of drug-likeness (QED) is 0.342. The number of rotatable bonds is 6. The Hall–Kier alpha value is -3.53. The predicted molar refractivity (Wildman–Crippen MR) is 116 cm³/mol. The normalized spacial score (nSPS) is 12.4. The lowest BCUT2D eigenvalue weighted by Gasteiger charge is -2.14. The van der Waals surface area contributed by atoms with E-state index < -0.39 is 17.6 Å². The van der Waals surface area contributed by atoms with Gasteiger partial charge in [0.1, 0.15) is 12.3 Å². The third-order valence-electron chi connectivity index (χ3n) is 4.76. The summed E-state index contributed by atoms with van der Waals surface area (Å²) in [7, 11) is 5.32. The molecule has 0 atom stereocenters. The summed E-state index contributed by atoms with van der Waals surface area (Å²) in [6.45, 7) is 0.962. The zero-order valence-corrected chi connectivity index (χ0v) is 17.9. The fourth-order valence-corrected chi connectivity index (χ4v) is 3.14. The number of hydrogen-bond donors (Lipinski definition) is 2. The lowest BCUT2D eigenvalue weighted by Crippen LogP contribution is -2.39. The number of alkyl halides is 3. The first-order valence-electron chi connectivity index (χ1n) is 9.71. The van der Waals surface area contributed by atoms with Crippen LogP contribution >= 0.6 is 0 Å². The minimum Gasteiger partial charge on any atom is -0.388 e. The van der Waals surface area contributed by atoms with Crippen molar-refractivity contribution in [2.24, 2.45) is 10.9 Å². The number of carbonyl (C=O) groups excluding carboxylic acids is 1. The summed E-state index contributed by atoms with van der Waals surface area (Å²) in [5.74, 6) is -0.874. The molecule has 7 nitrogen and oxygen atoms in total. The van der Waals surface area contributed by atoms with Crippen molar-refractivity contribution in [2.75, 3.05) is 21.1 Å². The Bertz CT molecular complexity index is 1120. The Kier molecular flexibility index (Phi) is 6.73. The molecule has 3 N–H and O–H groups in total. The number of guanidine groups is 1. The largest absolute Gasteiger partial charge is 0.417 e. The number of fused-ring (bicyclic) bond motifs is 1. The third kappa shape index (κ3) is 5.38. The van der Waals surface area contributed by atoms with Gasteiger partial charge >= 0.3 is 6.18 Å². The van der Waals surface area contributed by atoms with Gasteiger partial charge in [-0.2, -0.15) is 13.2 Å². The fourth-order valence-electron chi connectivity index (χ4n) is 3.14. The number of nitrogens with one attached hydrogen (secondary N) is 1. The number of amides is 1. The van der Waals surface area contributed by atoms with Gasteiger partial charge in [-0.1, -0.05) is 30.3 Å². The Balaban J connectivity index is 1.67. The molecule has 170 valence electrons. The van der Waals surface area contributed by atoms with Crippen molar-refractivity contribution in [1.29, 1.82) is 0 Å². The van der Waals surface area contributed by atoms with E-state index in [-0.39, 0.29) is 29.2 Å². The highest BCUT2D eigenvalue weighted by Gasteiger charge is 2.33. The van der Waals surface area contributed by atoms with Crippen LogP contribution in [0.5, 0.6) is 0 Å². The zero-order valence-electron chi connectivity index (χ0n) is 17.9. The Morgan fingerprint density at radius 2 is 1.75 bits per heavy atom. The monoisotopic (exact) mass is 447 g/mol. The zero-order chi connectivity index (χ0) is 23.5. The van der Waals surface area contributed by atoms with Crippen molar-refractivity contribution < 1.29 is 22.8 Å². The van der Waals surface area contributed by atoms with Crippen molar-refractivity contribution in [3.05, 3.63) is 70.9 Å². The summed E-state index contributed by atoms with van der Waals surface area (Å²) in [6.07, 6.45) is -4.53. The van der Waals surface area contributed by atoms with Crippen molar-refractivity contribution in [3.63, 3.8) is 0 Å². The van der Waals surface area contributed by atoms with E-state index in [1.54, 1.807) is 0 Å². The molecule has 3 aromatic rings. The number of H-pyrrole nitrogens is 1. The molecular weight excluding hydrogens is 423 g/mol. The van der Waals surface area contributed by atoms with E-state index in [0.717, 1.165) is 34.7 Å². The van der Waals surface area contributed by atoms with Crippen molar-refractivity contribution in [2.45, 2.75) is 19.3 Å². The SMILES string of the molecule is CN(C)Cc1ccc(CON=C(N)N(C)C(=O)c2cc3c(C(F)(F)F)cccc3[nH]2)cc1. The standard InChI is InChI=1S/C22H24F3N5O2/c1-29(2)12-14-7-9-15(10-8-14)13-32-28-21(26)30(3)20(31)19-11-16-17(22(23,24)25)5-4-6-18(16)27-19/h4-11,27H,12-13H2,1-3H3,(H2,26,28). The number of carbonyl (C=O) groups is 1. The average molecular weight is 447 g/mol. The number of halogens is 3. The van der Waals surface area contributed by atoms with Gasteiger partial charge in [0.15, 0.2) is 0 Å². The number of oxime groups is 1. The van der Waals surface area contributed by atoms with Gasteiger partial charge in [-0.15, -0.1) is 0 Å². The fraction of sp³-hybridized carbons (Fsp3) is 0.273. The molecule has 0 aliphatic carbocycles. The van der Waals surface area contributed by atoms with Crippen molar-refractivity contribution in [1.82, 2.24) is 14.8 Å². The first-order valence-corrected chi connectivity index (χ1v) is 9.71. The molecule has 0 aliphatic heterocycles. The number of benzene rings is 2. The molecule has 0 bridgehead atoms. The first-order chi connectivity index (χ1) is 15.1. The molecule has 1 aromatic heterocycles. The maximum absolute atomic E-state index is 13.2. The smallest absolute Gasteiger partial charge is 0.388 e. The van der Waals surface area contributed by atoms with E-state index in [4.69, 9.17) is 10.6 Å². The molecule has 0 radical (unpaired) electrons. The topological polar surface area (TPSA) is 86.9 Å². The highest BCUT2D eigenvalue weighted by molar-refractivity contribution is 6.06. The molecular formula is C22H24F3N5O2. The summed E-state index contributed by atoms with van der Waals surface area (Å²) < 4.78 is 39.6. The van der Waals surface area contributed by atoms with Crippen molar-refractivity contribution >= 4 is 22.8 Å². The lowest BCUT2D eigenvalue weighted by molar-refractivity contribution is -0.136. The van der Waals surface area contributed by atoms with Crippen LogP contribution in [0.1, 0.15) is 27.2 Å². The number of nitrogens with zero attached hydrogens (tertiary/aromatic N) is 3. The second kappa shape index (κ2) is 9.31. The Morgan fingerprint density at radius 3 is 2.38 bits per heavy atom. The molecule has 0 fully saturated rings. The van der Waals surface area contributed by atoms with E-state index in [1.807, 2.05) is 38.4 Å². The molecule has 2 aromatic carbocycles. The maximum atomic E-state index is 13.2. The molecule has 1 heterocycles. The number of hydrogen-bond acceptors (Lipinski definition) is 4. The molecule has 3 rings (SSSR count). The summed E-state index contributed by atoms with van der Waals surface area (Å²) in [5.41, 5.74) is 7.17. The van der Waals surface area contributed by atoms with E-state index in [9.17, 15) is 18.0 Å². The van der Waals surface area contributed by atoms with Crippen LogP contribution in [0.3, 0.4) is 0 Å². The summed E-state index contributed by atoms with van der Waals surface area (Å²) >= 11 is 0. The van der Waals surface area contributed by atoms with E-state index in [0.29, 0.717) is 0 Å². The molecule has 0 unspecified atom stereocenters. The number of aromatic nitrogens is 1. The minimum absolute atomic E-state index is 0.0474. The number of nitrogens with two attached hydrogens (primary N) is 1. The lowest BCUT2D eigenvalue weighted by atomic mass is 10.1. The maximum Gasteiger partial charge on any atom is 0.417 e. The van der Waals surface area contributed by atoms with Gasteiger partial charge in [0.2, 0.25) is 5.96 Å². The van der Waals surface area contributed by atoms with Crippen LogP contribution < -0.4 is 5.73 Å². The molecule has 0 saturated heterocycles. The third-order valence-corrected chi connectivity index (χ3v) is 4.76. The molecule has 1 amide bonds. The highest BCUT2D eigenvalue weighted by atomic mass is 19.4. The van der Waals surface area contributed by atoms with Crippen LogP contribution in [0.4, 0.5) is 13.2 Å². The molecule has 32 heavy (non-hydrogen) atoms. The van der Waals surface area contributed by atoms with Gasteiger partial charge in [0, 0.05) is 24.5 Å². The van der Waals surface area contributed by atoms with Crippen LogP contribution in [0, 0.1) is 0 Å². The molecule has 10 heteroatoms. The van der Waals surface area contributed by atoms with E-state index in [1.165, 1.54) is 19.2 Å². The minimum atomic E-state index is -4.53. The van der Waals surface area contributed by atoms with Crippen LogP contribution in [-0.4, -0.2) is 47.8 Å². The van der Waals surface area contributed by atoms with Gasteiger partial charge < -0.3 is 20.5 Å². The van der Waals surface area contributed by atoms with E-state index >= 15 is 0 Å². The van der Waals surface area contributed by atoms with Crippen molar-refractivity contribution in [3.8, 4) is 0 Å². The second-order valence-electron chi connectivity index (χ2n) is 7.59. The summed E-state index contributed by atoms with van der Waals surface area (Å²) in [4.78, 5) is 23.7. The van der Waals surface area contributed by atoms with Gasteiger partial charge in [-0.05, 0) is 48.6 Å². The molecule has 0 aliphatic rings. The average Bonchev–Trinajstić information content (AvgIpc) is 3.17. The van der Waals surface area contributed by atoms with Crippen LogP contribution in [-0.2, 0) is 24.2 Å². The first kappa shape index (κ1) is 23.1. The van der Waals surface area contributed by atoms with Gasteiger partial charge in [-0.3, -0.25) is 9.69 Å². The van der Waals surface area contributed by atoms with Gasteiger partial charge in [-0.25, -0.2) is 0 Å². The van der Waals surface area contributed by atoms with Gasteiger partial charge in [0.05, 0.1) is 5.56 Å².